The molecule has 0 saturated heterocycles. The van der Waals surface area contributed by atoms with Crippen LogP contribution in [0.15, 0.2) is 46.3 Å². The minimum atomic E-state index is 0.165. The van der Waals surface area contributed by atoms with E-state index in [1.807, 2.05) is 36.3 Å². The summed E-state index contributed by atoms with van der Waals surface area (Å²) in [5.74, 6) is 0. The fraction of sp³-hybridized carbons (Fsp3) is 0.654. The van der Waals surface area contributed by atoms with Crippen LogP contribution in [0.5, 0.6) is 0 Å². The third kappa shape index (κ3) is 7.63. The average Bonchev–Trinajstić information content (AvgIpc) is 3.34. The van der Waals surface area contributed by atoms with Crippen molar-refractivity contribution in [2.45, 2.75) is 90.9 Å². The van der Waals surface area contributed by atoms with Crippen LogP contribution in [0, 0.1) is 11.3 Å². The largest absolute Gasteiger partial charge is 0.378 e. The van der Waals surface area contributed by atoms with Crippen LogP contribution in [0.2, 0.25) is 0 Å². The summed E-state index contributed by atoms with van der Waals surface area (Å²) in [4.78, 5) is 2.61. The van der Waals surface area contributed by atoms with Crippen molar-refractivity contribution in [1.82, 2.24) is 9.91 Å². The molecular weight excluding hydrogens is 396 g/mol. The van der Waals surface area contributed by atoms with Crippen LogP contribution in [0.1, 0.15) is 72.3 Å². The van der Waals surface area contributed by atoms with Crippen LogP contribution < -0.4 is 5.32 Å². The molecule has 0 bridgehead atoms. The van der Waals surface area contributed by atoms with E-state index in [1.165, 1.54) is 31.3 Å². The molecule has 1 aromatic rings. The van der Waals surface area contributed by atoms with Gasteiger partial charge in [-0.2, -0.15) is 10.4 Å². The second-order valence-corrected chi connectivity index (χ2v) is 9.05. The summed E-state index contributed by atoms with van der Waals surface area (Å²) in [5, 5.41) is 23.8. The third-order valence-corrected chi connectivity index (χ3v) is 6.85. The van der Waals surface area contributed by atoms with Gasteiger partial charge in [0.15, 0.2) is 0 Å². The Hall–Kier alpha value is -2.39. The summed E-state index contributed by atoms with van der Waals surface area (Å²) in [6.07, 6.45) is 8.38. The highest BCUT2D eigenvalue weighted by molar-refractivity contribution is 5.50. The van der Waals surface area contributed by atoms with Gasteiger partial charge in [-0.1, -0.05) is 42.7 Å². The number of nitrogens with one attached hydrogen (secondary N) is 1. The van der Waals surface area contributed by atoms with Crippen molar-refractivity contribution in [3.05, 3.63) is 41.5 Å². The van der Waals surface area contributed by atoms with Crippen LogP contribution >= 0.6 is 0 Å². The Labute approximate surface area is 195 Å². The maximum Gasteiger partial charge on any atom is 0.0992 e. The molecule has 1 aromatic carbocycles. The molecule has 6 heteroatoms. The number of rotatable bonds is 12. The minimum Gasteiger partial charge on any atom is -0.378 e. The minimum absolute atomic E-state index is 0.165. The lowest BCUT2D eigenvalue weighted by molar-refractivity contribution is 0.134. The number of allylic oxidation sites excluding steroid dienone is 1. The van der Waals surface area contributed by atoms with Crippen LogP contribution in [0.25, 0.3) is 0 Å². The quantitative estimate of drug-likeness (QED) is 0.246. The number of hydrogen-bond donors (Lipinski definition) is 1. The molecule has 32 heavy (non-hydrogen) atoms. The van der Waals surface area contributed by atoms with Crippen molar-refractivity contribution in [3.63, 3.8) is 0 Å². The lowest BCUT2D eigenvalue weighted by atomic mass is 10.0. The zero-order chi connectivity index (χ0) is 23.5. The predicted octanol–water partition coefficient (Wildman–Crippen LogP) is 6.04. The monoisotopic (exact) mass is 438 g/mol. The van der Waals surface area contributed by atoms with Gasteiger partial charge in [-0.05, 0) is 71.7 Å². The van der Waals surface area contributed by atoms with Crippen molar-refractivity contribution in [2.24, 2.45) is 10.3 Å². The second-order valence-electron chi connectivity index (χ2n) is 9.05. The molecule has 176 valence electrons. The normalized spacial score (nSPS) is 18.0. The average molecular weight is 439 g/mol. The van der Waals surface area contributed by atoms with E-state index < -0.39 is 0 Å². The van der Waals surface area contributed by atoms with Gasteiger partial charge >= 0.3 is 0 Å². The number of anilines is 1. The Morgan fingerprint density at radius 1 is 1.31 bits per heavy atom. The lowest BCUT2D eigenvalue weighted by Crippen LogP contribution is -2.45. The third-order valence-electron chi connectivity index (χ3n) is 6.85. The topological polar surface area (TPSA) is 67.0 Å². The van der Waals surface area contributed by atoms with E-state index >= 15 is 0 Å². The molecular formula is C26H42N6. The van der Waals surface area contributed by atoms with Crippen molar-refractivity contribution >= 4 is 5.69 Å². The molecule has 1 saturated carbocycles. The van der Waals surface area contributed by atoms with E-state index in [-0.39, 0.29) is 12.1 Å². The first kappa shape index (κ1) is 25.9. The van der Waals surface area contributed by atoms with Gasteiger partial charge < -0.3 is 5.32 Å². The van der Waals surface area contributed by atoms with Gasteiger partial charge in [0.25, 0.3) is 0 Å². The first-order valence-corrected chi connectivity index (χ1v) is 12.2. The van der Waals surface area contributed by atoms with Crippen molar-refractivity contribution in [1.29, 1.82) is 5.26 Å². The summed E-state index contributed by atoms with van der Waals surface area (Å²) in [7, 11) is 1.99. The molecule has 1 aliphatic rings. The van der Waals surface area contributed by atoms with Crippen LogP contribution in [0.3, 0.4) is 0 Å². The van der Waals surface area contributed by atoms with Gasteiger partial charge in [0.1, 0.15) is 0 Å². The van der Waals surface area contributed by atoms with E-state index in [9.17, 15) is 0 Å². The van der Waals surface area contributed by atoms with E-state index in [0.29, 0.717) is 17.6 Å². The molecule has 0 spiro atoms. The summed E-state index contributed by atoms with van der Waals surface area (Å²) in [5.41, 5.74) is 2.91. The van der Waals surface area contributed by atoms with Gasteiger partial charge in [-0.3, -0.25) is 9.91 Å². The van der Waals surface area contributed by atoms with Crippen LogP contribution in [-0.2, 0) is 0 Å². The Balaban J connectivity index is 1.91. The van der Waals surface area contributed by atoms with Gasteiger partial charge in [-0.15, -0.1) is 0 Å². The molecule has 0 amide bonds. The highest BCUT2D eigenvalue weighted by Crippen LogP contribution is 2.26. The highest BCUT2D eigenvalue weighted by Gasteiger charge is 2.28. The first-order chi connectivity index (χ1) is 15.4. The van der Waals surface area contributed by atoms with Gasteiger partial charge in [0, 0.05) is 37.4 Å². The SMILES string of the molecule is C/C=C(\C)C(CCN(C)N=N[C@@H](C)C(C)N(CC)C1CCCC1)Nc1cccc(C#N)c1. The van der Waals surface area contributed by atoms with E-state index in [4.69, 9.17) is 5.26 Å². The Morgan fingerprint density at radius 2 is 2.03 bits per heavy atom. The first-order valence-electron chi connectivity index (χ1n) is 12.2. The maximum absolute atomic E-state index is 9.16. The molecule has 0 heterocycles. The van der Waals surface area contributed by atoms with Crippen molar-refractivity contribution < 1.29 is 0 Å². The van der Waals surface area contributed by atoms with Gasteiger partial charge in [-0.25, -0.2) is 0 Å². The molecule has 1 fully saturated rings. The standard InChI is InChI=1S/C26H42N6/c1-7-20(3)26(28-24-13-11-12-23(18-24)19-27)16-17-31(6)30-29-21(4)22(5)32(8-2)25-14-9-10-15-25/h7,11-13,18,21-22,25-26,28H,8-10,14-17H2,1-6H3/b20-7+,30-29?/t21-,22?,26?/m0/s1. The fourth-order valence-corrected chi connectivity index (χ4v) is 4.51. The predicted molar refractivity (Wildman–Crippen MR) is 134 cm³/mol. The van der Waals surface area contributed by atoms with E-state index in [2.05, 4.69) is 67.3 Å². The maximum atomic E-state index is 9.16. The van der Waals surface area contributed by atoms with Gasteiger partial charge in [0.05, 0.1) is 17.7 Å². The number of nitriles is 1. The molecule has 6 nitrogen and oxygen atoms in total. The van der Waals surface area contributed by atoms with Crippen LogP contribution in [0.4, 0.5) is 5.69 Å². The molecule has 0 aromatic heterocycles. The van der Waals surface area contributed by atoms with E-state index in [1.54, 1.807) is 0 Å². The zero-order valence-electron chi connectivity index (χ0n) is 20.9. The van der Waals surface area contributed by atoms with Gasteiger partial charge in [0.2, 0.25) is 0 Å². The Morgan fingerprint density at radius 3 is 2.66 bits per heavy atom. The smallest absolute Gasteiger partial charge is 0.0992 e. The summed E-state index contributed by atoms with van der Waals surface area (Å²) in [6.45, 7) is 12.8. The Bertz CT molecular complexity index is 790. The van der Waals surface area contributed by atoms with Crippen LogP contribution in [-0.4, -0.2) is 54.2 Å². The van der Waals surface area contributed by atoms with Crippen molar-refractivity contribution in [2.75, 3.05) is 25.5 Å². The summed E-state index contributed by atoms with van der Waals surface area (Å²) >= 11 is 0. The molecule has 2 unspecified atom stereocenters. The summed E-state index contributed by atoms with van der Waals surface area (Å²) in [6, 6.07) is 11.3. The molecule has 0 aliphatic heterocycles. The summed E-state index contributed by atoms with van der Waals surface area (Å²) < 4.78 is 0. The molecule has 1 N–H and O–H groups in total. The Kier molecular flexibility index (Phi) is 10.7. The number of benzene rings is 1. The number of likely N-dealkylation sites (N-methyl/N-ethyl adjacent to an activating group) is 1. The highest BCUT2D eigenvalue weighted by atomic mass is 15.5. The fourth-order valence-electron chi connectivity index (χ4n) is 4.51. The number of nitrogens with zero attached hydrogens (tertiary/aromatic N) is 5. The molecule has 0 radical (unpaired) electrons. The number of hydrogen-bond acceptors (Lipinski definition) is 5. The zero-order valence-corrected chi connectivity index (χ0v) is 20.9. The molecule has 1 aliphatic carbocycles. The molecule has 3 atom stereocenters. The van der Waals surface area contributed by atoms with E-state index in [0.717, 1.165) is 25.2 Å². The lowest BCUT2D eigenvalue weighted by Gasteiger charge is -2.35. The van der Waals surface area contributed by atoms with Crippen molar-refractivity contribution in [3.8, 4) is 6.07 Å². The molecule has 2 rings (SSSR count). The second kappa shape index (κ2) is 13.2.